The van der Waals surface area contributed by atoms with E-state index >= 15 is 0 Å². The molecule has 4 aromatic rings. The van der Waals surface area contributed by atoms with E-state index in [-0.39, 0.29) is 24.2 Å². The van der Waals surface area contributed by atoms with Crippen LogP contribution in [0.5, 0.6) is 0 Å². The van der Waals surface area contributed by atoms with Gasteiger partial charge < -0.3 is 15.0 Å². The molecule has 1 aromatic carbocycles. The van der Waals surface area contributed by atoms with Gasteiger partial charge in [-0.2, -0.15) is 5.10 Å². The maximum atomic E-state index is 14.8. The molecular weight excluding hydrogens is 634 g/mol. The van der Waals surface area contributed by atoms with Crippen molar-refractivity contribution in [3.05, 3.63) is 102 Å². The minimum atomic E-state index is -0.749. The highest BCUT2D eigenvalue weighted by Crippen LogP contribution is 2.40. The summed E-state index contributed by atoms with van der Waals surface area (Å²) in [5.41, 5.74) is 6.32. The Balaban J connectivity index is 0.00000107. The van der Waals surface area contributed by atoms with Crippen LogP contribution in [0.15, 0.2) is 79.4 Å². The number of halogens is 2. The van der Waals surface area contributed by atoms with Crippen molar-refractivity contribution in [1.82, 2.24) is 29.9 Å². The number of methoxy groups -OCH3 is 1. The summed E-state index contributed by atoms with van der Waals surface area (Å²) >= 11 is 1.50. The quantitative estimate of drug-likeness (QED) is 0.129. The summed E-state index contributed by atoms with van der Waals surface area (Å²) in [6.07, 6.45) is 5.74. The molecule has 0 saturated heterocycles. The van der Waals surface area contributed by atoms with Crippen LogP contribution >= 0.6 is 11.3 Å². The van der Waals surface area contributed by atoms with E-state index in [0.29, 0.717) is 43.1 Å². The molecule has 0 saturated carbocycles. The first-order chi connectivity index (χ1) is 23.2. The van der Waals surface area contributed by atoms with Crippen LogP contribution in [0.2, 0.25) is 0 Å². The maximum Gasteiger partial charge on any atom is 0.246 e. The largest absolute Gasteiger partial charge is 0.505 e. The number of carbonyl (C=O) groups excluding carboxylic acids is 2. The molecule has 250 valence electrons. The molecule has 1 atom stereocenters. The number of allylic oxidation sites excluding steroid dienone is 2. The minimum absolute atomic E-state index is 0.0243. The lowest BCUT2D eigenvalue weighted by molar-refractivity contribution is -0.128. The Morgan fingerprint density at radius 1 is 1.17 bits per heavy atom. The lowest BCUT2D eigenvalue weighted by atomic mass is 9.95. The minimum Gasteiger partial charge on any atom is -0.505 e. The zero-order valence-electron chi connectivity index (χ0n) is 27.2. The number of hydrogen-bond donors (Lipinski definition) is 1. The molecule has 6 rings (SSSR count). The highest BCUT2D eigenvalue weighted by Gasteiger charge is 2.28. The van der Waals surface area contributed by atoms with Crippen LogP contribution in [0.4, 0.5) is 8.78 Å². The predicted octanol–water partition coefficient (Wildman–Crippen LogP) is 6.59. The van der Waals surface area contributed by atoms with E-state index in [9.17, 15) is 18.4 Å². The van der Waals surface area contributed by atoms with Gasteiger partial charge in [0.1, 0.15) is 11.5 Å². The first-order valence-corrected chi connectivity index (χ1v) is 16.3. The molecule has 0 aliphatic carbocycles. The number of rotatable bonds is 8. The molecule has 2 aliphatic rings. The van der Waals surface area contributed by atoms with E-state index in [4.69, 9.17) is 10.1 Å². The molecule has 0 bridgehead atoms. The van der Waals surface area contributed by atoms with Gasteiger partial charge in [0.05, 0.1) is 60.6 Å². The Bertz CT molecular complexity index is 1910. The summed E-state index contributed by atoms with van der Waals surface area (Å²) in [5, 5.41) is 10.3. The fraction of sp³-hybridized carbons (Fsp3) is 0.278. The third-order valence-electron chi connectivity index (χ3n) is 8.33. The van der Waals surface area contributed by atoms with Crippen LogP contribution in [-0.4, -0.2) is 70.2 Å². The van der Waals surface area contributed by atoms with Crippen molar-refractivity contribution in [3.63, 3.8) is 0 Å². The van der Waals surface area contributed by atoms with Crippen LogP contribution in [0.25, 0.3) is 38.8 Å². The molecule has 1 unspecified atom stereocenters. The number of carbonyl (C=O) groups is 2. The summed E-state index contributed by atoms with van der Waals surface area (Å²) in [5.74, 6) is -0.930. The van der Waals surface area contributed by atoms with Crippen LogP contribution in [0.3, 0.4) is 0 Å². The van der Waals surface area contributed by atoms with Gasteiger partial charge >= 0.3 is 0 Å². The molecule has 2 aliphatic heterocycles. The molecule has 5 heterocycles. The summed E-state index contributed by atoms with van der Waals surface area (Å²) in [4.78, 5) is 33.4. The van der Waals surface area contributed by atoms with Crippen molar-refractivity contribution in [2.75, 3.05) is 33.8 Å². The Kier molecular flexibility index (Phi) is 11.0. The van der Waals surface area contributed by atoms with E-state index in [1.54, 1.807) is 19.1 Å². The molecule has 3 aromatic heterocycles. The first kappa shape index (κ1) is 34.4. The van der Waals surface area contributed by atoms with Gasteiger partial charge in [-0.1, -0.05) is 25.3 Å². The number of aromatic nitrogens is 3. The van der Waals surface area contributed by atoms with E-state index < -0.39 is 5.83 Å². The second kappa shape index (κ2) is 15.3. The van der Waals surface area contributed by atoms with Gasteiger partial charge in [-0.15, -0.1) is 11.3 Å². The standard InChI is InChI=1S/C33H32F2N6O2S.C3H6O/c1-4-30(43)40-16-20(2)41-25(18-40)15-28(38-41)32-27(14-24(35)7-10-34)26-9-12-44-33(26)31(37-32)22-6-5-21-8-11-39(17-23(21)13-22)19-29(42)36-3;1-3-4-2/h4-7,9-10,12-15,20H,1,8,11,16-19H2,2-3H3,(H,36,42);3H,1H2,2H3/b10-7+,24-14?;. The number of fused-ring (bicyclic) bond motifs is 3. The van der Waals surface area contributed by atoms with Crippen LogP contribution in [0.1, 0.15) is 35.3 Å². The Morgan fingerprint density at radius 2 is 1.96 bits per heavy atom. The number of benzene rings is 1. The van der Waals surface area contributed by atoms with Gasteiger partial charge in [-0.3, -0.25) is 19.2 Å². The second-order valence-electron chi connectivity index (χ2n) is 11.5. The van der Waals surface area contributed by atoms with Gasteiger partial charge in [0.2, 0.25) is 11.8 Å². The molecule has 9 nitrogen and oxygen atoms in total. The van der Waals surface area contributed by atoms with Crippen LogP contribution in [0, 0.1) is 0 Å². The SMILES string of the molecule is C=CC(=O)N1Cc2cc(-c3nc(-c4ccc5c(c4)CN(CC(=O)NC)CC5)c4sccc4c3C=C(F)/C=C/F)nn2C(C)C1.C=COC. The highest BCUT2D eigenvalue weighted by atomic mass is 32.1. The van der Waals surface area contributed by atoms with Crippen LogP contribution in [-0.2, 0) is 33.8 Å². The van der Waals surface area contributed by atoms with Crippen molar-refractivity contribution >= 4 is 39.3 Å². The zero-order valence-corrected chi connectivity index (χ0v) is 28.0. The van der Waals surface area contributed by atoms with Crippen molar-refractivity contribution in [2.24, 2.45) is 0 Å². The van der Waals surface area contributed by atoms with Gasteiger partial charge in [0.25, 0.3) is 0 Å². The maximum absolute atomic E-state index is 14.8. The third kappa shape index (κ3) is 7.29. The fourth-order valence-electron chi connectivity index (χ4n) is 6.02. The van der Waals surface area contributed by atoms with Crippen molar-refractivity contribution < 1.29 is 23.1 Å². The number of likely N-dealkylation sites (N-methyl/N-ethyl adjacent to an activating group) is 1. The summed E-state index contributed by atoms with van der Waals surface area (Å²) < 4.78 is 34.8. The van der Waals surface area contributed by atoms with Gasteiger partial charge in [-0.25, -0.2) is 13.8 Å². The lowest BCUT2D eigenvalue weighted by Crippen LogP contribution is -2.39. The smallest absolute Gasteiger partial charge is 0.246 e. The highest BCUT2D eigenvalue weighted by molar-refractivity contribution is 7.17. The molecule has 0 fully saturated rings. The average molecular weight is 673 g/mol. The topological polar surface area (TPSA) is 92.6 Å². The van der Waals surface area contributed by atoms with Gasteiger partial charge in [0, 0.05) is 49.3 Å². The van der Waals surface area contributed by atoms with E-state index in [0.717, 1.165) is 51.6 Å². The fourth-order valence-corrected chi connectivity index (χ4v) is 6.94. The average Bonchev–Trinajstić information content (AvgIpc) is 3.76. The van der Waals surface area contributed by atoms with Crippen LogP contribution < -0.4 is 5.32 Å². The van der Waals surface area contributed by atoms with E-state index in [1.165, 1.54) is 35.3 Å². The lowest BCUT2D eigenvalue weighted by Gasteiger charge is -2.31. The molecule has 0 spiro atoms. The summed E-state index contributed by atoms with van der Waals surface area (Å²) in [6.45, 7) is 11.5. The monoisotopic (exact) mass is 672 g/mol. The Morgan fingerprint density at radius 3 is 2.67 bits per heavy atom. The molecule has 2 amide bonds. The number of hydrogen-bond acceptors (Lipinski definition) is 7. The van der Waals surface area contributed by atoms with E-state index in [2.05, 4.69) is 46.3 Å². The number of amides is 2. The molecule has 12 heteroatoms. The summed E-state index contributed by atoms with van der Waals surface area (Å²) in [6, 6.07) is 10.00. The molecule has 0 radical (unpaired) electrons. The molecule has 48 heavy (non-hydrogen) atoms. The van der Waals surface area contributed by atoms with Crippen molar-refractivity contribution in [3.8, 4) is 22.6 Å². The van der Waals surface area contributed by atoms with Crippen molar-refractivity contribution in [2.45, 2.75) is 32.5 Å². The number of ether oxygens (including phenoxy) is 1. The van der Waals surface area contributed by atoms with Gasteiger partial charge in [0.15, 0.2) is 0 Å². The van der Waals surface area contributed by atoms with Crippen molar-refractivity contribution in [1.29, 1.82) is 0 Å². The van der Waals surface area contributed by atoms with Gasteiger partial charge in [-0.05, 0) is 60.2 Å². The van der Waals surface area contributed by atoms with E-state index in [1.807, 2.05) is 29.1 Å². The third-order valence-corrected chi connectivity index (χ3v) is 9.26. The first-order valence-electron chi connectivity index (χ1n) is 15.4. The zero-order chi connectivity index (χ0) is 34.4. The number of pyridine rings is 1. The number of thiophene rings is 1. The Hall–Kier alpha value is -4.94. The molecular formula is C36H38F2N6O3S. The normalized spacial score (nSPS) is 16.1. The predicted molar refractivity (Wildman–Crippen MR) is 186 cm³/mol. The number of nitrogens with zero attached hydrogens (tertiary/aromatic N) is 5. The molecule has 1 N–H and O–H groups in total. The Labute approximate surface area is 282 Å². The summed E-state index contributed by atoms with van der Waals surface area (Å²) in [7, 11) is 3.20. The second-order valence-corrected chi connectivity index (χ2v) is 12.4. The number of nitrogens with one attached hydrogen (secondary N) is 1.